The molecule has 0 saturated heterocycles. The van der Waals surface area contributed by atoms with E-state index in [-0.39, 0.29) is 126 Å². The van der Waals surface area contributed by atoms with E-state index >= 15 is 0 Å². The zero-order valence-corrected chi connectivity index (χ0v) is 22.2. The minimum atomic E-state index is -1.03. The number of hydrogen-bond donors (Lipinski definition) is 3. The fourth-order valence-corrected chi connectivity index (χ4v) is 3.88. The van der Waals surface area contributed by atoms with Gasteiger partial charge >= 0.3 is 109 Å². The normalized spacial score (nSPS) is 25.2. The van der Waals surface area contributed by atoms with E-state index in [2.05, 4.69) is 31.4 Å². The molecule has 0 spiro atoms. The summed E-state index contributed by atoms with van der Waals surface area (Å²) in [6, 6.07) is 0.302. The van der Waals surface area contributed by atoms with Gasteiger partial charge in [-0.2, -0.15) is 0 Å². The molecule has 0 bridgehead atoms. The summed E-state index contributed by atoms with van der Waals surface area (Å²) < 4.78 is 0. The number of aliphatic carboxylic acids is 2. The van der Waals surface area contributed by atoms with Gasteiger partial charge in [0.1, 0.15) is 0 Å². The largest absolute Gasteiger partial charge is 1.00 e. The predicted molar refractivity (Wildman–Crippen MR) is 82.3 cm³/mol. The Morgan fingerprint density at radius 2 is 1.75 bits per heavy atom. The third kappa shape index (κ3) is 12.5. The van der Waals surface area contributed by atoms with E-state index in [0.29, 0.717) is 19.1 Å². The van der Waals surface area contributed by atoms with Gasteiger partial charge in [-0.1, -0.05) is 20.8 Å². The van der Waals surface area contributed by atoms with Gasteiger partial charge in [0.05, 0.1) is 6.42 Å². The summed E-state index contributed by atoms with van der Waals surface area (Å²) in [5.41, 5.74) is 0.262. The van der Waals surface area contributed by atoms with Crippen LogP contribution in [0.5, 0.6) is 0 Å². The third-order valence-electron chi connectivity index (χ3n) is 4.27. The van der Waals surface area contributed by atoms with Gasteiger partial charge in [-0.05, 0) is 36.5 Å². The van der Waals surface area contributed by atoms with E-state index < -0.39 is 11.9 Å². The van der Waals surface area contributed by atoms with Crippen molar-refractivity contribution in [1.82, 2.24) is 10.6 Å². The molecule has 24 heavy (non-hydrogen) atoms. The summed E-state index contributed by atoms with van der Waals surface area (Å²) in [6.07, 6.45) is 3.22. The fraction of sp³-hybridized carbons (Fsp3) is 0.875. The molecule has 0 aromatic heterocycles. The van der Waals surface area contributed by atoms with Crippen molar-refractivity contribution in [1.29, 1.82) is 0 Å². The number of carbonyl (C=O) groups excluding carboxylic acids is 1. The van der Waals surface area contributed by atoms with E-state index in [1.807, 2.05) is 0 Å². The summed E-state index contributed by atoms with van der Waals surface area (Å²) in [7, 11) is 0. The smallest absolute Gasteiger partial charge is 0.550 e. The summed E-state index contributed by atoms with van der Waals surface area (Å²) in [5, 5.41) is 25.8. The van der Waals surface area contributed by atoms with Crippen LogP contribution in [0.3, 0.4) is 0 Å². The second kappa shape index (κ2) is 13.3. The molecule has 1 aliphatic rings. The molecule has 0 radical (unpaired) electrons. The third-order valence-corrected chi connectivity index (χ3v) is 4.27. The van der Waals surface area contributed by atoms with Crippen LogP contribution in [0.4, 0.5) is 0 Å². The molecule has 0 aromatic carbocycles. The molecule has 2 unspecified atom stereocenters. The summed E-state index contributed by atoms with van der Waals surface area (Å²) in [6.45, 7) is 8.36. The zero-order valence-electron chi connectivity index (χ0n) is 15.9. The number of carboxylic acids is 2. The number of rotatable bonds is 9. The molecule has 1 rings (SSSR count). The maximum absolute atomic E-state index is 10.6. The van der Waals surface area contributed by atoms with Crippen LogP contribution in [0.1, 0.15) is 52.9 Å². The predicted octanol–water partition coefficient (Wildman–Crippen LogP) is -5.63. The standard InChI is InChI=1S/C16H30N2O4.2K/c1-15(2)8-12(18-7-5-14(21)22)9-16(3,10-15)11-17-6-4-13(19)20;;/h12,17-18H,4-11H2,1-3H3,(H,19,20)(H,21,22);;/q;2*+1/p-1. The monoisotopic (exact) mass is 391 g/mol. The number of carbonyl (C=O) groups is 2. The van der Waals surface area contributed by atoms with Crippen LogP contribution in [0, 0.1) is 10.8 Å². The van der Waals surface area contributed by atoms with Gasteiger partial charge in [0.15, 0.2) is 0 Å². The molecule has 0 amide bonds. The van der Waals surface area contributed by atoms with Gasteiger partial charge in [-0.25, -0.2) is 0 Å². The van der Waals surface area contributed by atoms with Crippen molar-refractivity contribution >= 4 is 11.9 Å². The fourth-order valence-electron chi connectivity index (χ4n) is 3.88. The molecule has 3 N–H and O–H groups in total. The Hall–Kier alpha value is 2.13. The first-order valence-corrected chi connectivity index (χ1v) is 7.98. The molecule has 1 fully saturated rings. The first kappa shape index (κ1) is 28.3. The van der Waals surface area contributed by atoms with Gasteiger partial charge in [0, 0.05) is 31.6 Å². The summed E-state index contributed by atoms with van der Waals surface area (Å²) in [4.78, 5) is 21.1. The van der Waals surface area contributed by atoms with E-state index in [1.54, 1.807) is 0 Å². The van der Waals surface area contributed by atoms with E-state index in [1.165, 1.54) is 0 Å². The Bertz CT molecular complexity index is 408. The minimum Gasteiger partial charge on any atom is -0.550 e. The molecular formula is C16H29K2N2O4+. The maximum Gasteiger partial charge on any atom is 1.00 e. The van der Waals surface area contributed by atoms with Gasteiger partial charge in [0.25, 0.3) is 0 Å². The Labute approximate surface area is 230 Å². The summed E-state index contributed by atoms with van der Waals surface area (Å²) >= 11 is 0. The van der Waals surface area contributed by atoms with Crippen LogP contribution in [0.25, 0.3) is 0 Å². The maximum atomic E-state index is 10.6. The number of nitrogens with one attached hydrogen (secondary N) is 2. The Balaban J connectivity index is 0. The van der Waals surface area contributed by atoms with Crippen LogP contribution in [0.15, 0.2) is 0 Å². The quantitative estimate of drug-likeness (QED) is 0.268. The number of carboxylic acid groups (broad SMARTS) is 2. The zero-order chi connectivity index (χ0) is 16.8. The average molecular weight is 392 g/mol. The molecular weight excluding hydrogens is 362 g/mol. The van der Waals surface area contributed by atoms with Crippen molar-refractivity contribution in [2.75, 3.05) is 19.6 Å². The van der Waals surface area contributed by atoms with Crippen LogP contribution < -0.4 is 119 Å². The van der Waals surface area contributed by atoms with Gasteiger partial charge in [0.2, 0.25) is 0 Å². The first-order chi connectivity index (χ1) is 10.1. The Morgan fingerprint density at radius 3 is 2.29 bits per heavy atom. The summed E-state index contributed by atoms with van der Waals surface area (Å²) in [5.74, 6) is -1.82. The van der Waals surface area contributed by atoms with Crippen molar-refractivity contribution < 1.29 is 123 Å². The van der Waals surface area contributed by atoms with E-state index in [9.17, 15) is 14.7 Å². The SMILES string of the molecule is CC1(C)CC(NCCC(=O)O)CC(C)(CNCCC(=O)[O-])C1.[K+].[K+]. The van der Waals surface area contributed by atoms with Gasteiger partial charge < -0.3 is 25.6 Å². The van der Waals surface area contributed by atoms with Crippen molar-refractivity contribution in [3.63, 3.8) is 0 Å². The Morgan fingerprint density at radius 1 is 1.12 bits per heavy atom. The molecule has 2 atom stereocenters. The average Bonchev–Trinajstić information content (AvgIpc) is 2.31. The molecule has 0 aromatic rings. The second-order valence-electron chi connectivity index (χ2n) is 7.65. The molecule has 0 aliphatic heterocycles. The molecule has 6 nitrogen and oxygen atoms in total. The van der Waals surface area contributed by atoms with Crippen molar-refractivity contribution in [2.24, 2.45) is 10.8 Å². The first-order valence-electron chi connectivity index (χ1n) is 7.98. The Kier molecular flexibility index (Phi) is 15.7. The van der Waals surface area contributed by atoms with Crippen molar-refractivity contribution in [3.8, 4) is 0 Å². The van der Waals surface area contributed by atoms with E-state index in [0.717, 1.165) is 25.8 Å². The molecule has 128 valence electrons. The molecule has 0 heterocycles. The van der Waals surface area contributed by atoms with Crippen molar-refractivity contribution in [3.05, 3.63) is 0 Å². The number of hydrogen-bond acceptors (Lipinski definition) is 5. The van der Waals surface area contributed by atoms with Crippen LogP contribution in [-0.4, -0.2) is 42.7 Å². The van der Waals surface area contributed by atoms with Gasteiger partial charge in [-0.3, -0.25) is 4.79 Å². The molecule has 1 saturated carbocycles. The second-order valence-corrected chi connectivity index (χ2v) is 7.65. The van der Waals surface area contributed by atoms with Crippen molar-refractivity contribution in [2.45, 2.75) is 58.9 Å². The van der Waals surface area contributed by atoms with E-state index in [4.69, 9.17) is 5.11 Å². The molecule has 1 aliphatic carbocycles. The van der Waals surface area contributed by atoms with Crippen LogP contribution >= 0.6 is 0 Å². The molecule has 8 heteroatoms. The van der Waals surface area contributed by atoms with Crippen LogP contribution in [0.2, 0.25) is 0 Å². The van der Waals surface area contributed by atoms with Gasteiger partial charge in [-0.15, -0.1) is 0 Å². The minimum absolute atomic E-state index is 0. The van der Waals surface area contributed by atoms with Crippen LogP contribution in [-0.2, 0) is 9.59 Å². The topological polar surface area (TPSA) is 101 Å².